The zero-order valence-electron chi connectivity index (χ0n) is 13.8. The number of rotatable bonds is 7. The van der Waals surface area contributed by atoms with Gasteiger partial charge in [-0.2, -0.15) is 0 Å². The predicted molar refractivity (Wildman–Crippen MR) is 89.1 cm³/mol. The van der Waals surface area contributed by atoms with Crippen LogP contribution in [0.15, 0.2) is 18.2 Å². The van der Waals surface area contributed by atoms with Gasteiger partial charge in [0.1, 0.15) is 5.75 Å². The summed E-state index contributed by atoms with van der Waals surface area (Å²) in [4.78, 5) is 2.60. The first-order valence-electron chi connectivity index (χ1n) is 8.31. The van der Waals surface area contributed by atoms with Crippen molar-refractivity contribution in [1.29, 1.82) is 0 Å². The number of hydrogen-bond donors (Lipinski definition) is 1. The Hall–Kier alpha value is -1.06. The van der Waals surface area contributed by atoms with Crippen molar-refractivity contribution in [2.75, 3.05) is 33.3 Å². The van der Waals surface area contributed by atoms with Crippen LogP contribution in [0.2, 0.25) is 0 Å². The first kappa shape index (κ1) is 16.3. The molecule has 21 heavy (non-hydrogen) atoms. The van der Waals surface area contributed by atoms with E-state index < -0.39 is 0 Å². The van der Waals surface area contributed by atoms with Gasteiger partial charge in [-0.25, -0.2) is 0 Å². The van der Waals surface area contributed by atoms with Gasteiger partial charge in [0.25, 0.3) is 0 Å². The molecule has 1 unspecified atom stereocenters. The van der Waals surface area contributed by atoms with Crippen molar-refractivity contribution in [3.8, 4) is 5.75 Å². The Bertz CT molecular complexity index is 427. The number of methoxy groups -OCH3 is 1. The molecule has 118 valence electrons. The maximum Gasteiger partial charge on any atom is 0.123 e. The van der Waals surface area contributed by atoms with Crippen LogP contribution in [0.4, 0.5) is 0 Å². The summed E-state index contributed by atoms with van der Waals surface area (Å²) in [6.07, 6.45) is 5.39. The number of nitrogens with zero attached hydrogens (tertiary/aromatic N) is 1. The number of ether oxygens (including phenoxy) is 1. The van der Waals surface area contributed by atoms with Crippen LogP contribution in [0.5, 0.6) is 5.75 Å². The fourth-order valence-electron chi connectivity index (χ4n) is 3.11. The number of aryl methyl sites for hydroxylation is 1. The van der Waals surface area contributed by atoms with E-state index in [1.165, 1.54) is 56.4 Å². The zero-order chi connectivity index (χ0) is 15.1. The quantitative estimate of drug-likeness (QED) is 0.778. The van der Waals surface area contributed by atoms with E-state index in [1.54, 1.807) is 7.11 Å². The summed E-state index contributed by atoms with van der Waals surface area (Å²) in [7, 11) is 1.75. The van der Waals surface area contributed by atoms with Crippen molar-refractivity contribution >= 4 is 0 Å². The maximum absolute atomic E-state index is 5.47. The number of likely N-dealkylation sites (tertiary alicyclic amines) is 1. The summed E-state index contributed by atoms with van der Waals surface area (Å²) in [5, 5.41) is 3.63. The molecule has 0 amide bonds. The van der Waals surface area contributed by atoms with E-state index in [1.807, 2.05) is 0 Å². The molecule has 1 atom stereocenters. The average Bonchev–Trinajstić information content (AvgIpc) is 2.52. The number of piperidine rings is 1. The minimum Gasteiger partial charge on any atom is -0.496 e. The third-order valence-electron chi connectivity index (χ3n) is 4.40. The summed E-state index contributed by atoms with van der Waals surface area (Å²) in [6, 6.07) is 6.73. The van der Waals surface area contributed by atoms with E-state index in [-0.39, 0.29) is 0 Å². The highest BCUT2D eigenvalue weighted by Gasteiger charge is 2.12. The second kappa shape index (κ2) is 8.40. The van der Waals surface area contributed by atoms with Crippen molar-refractivity contribution in [3.05, 3.63) is 29.3 Å². The molecule has 1 heterocycles. The predicted octanol–water partition coefficient (Wildman–Crippen LogP) is 3.53. The molecule has 1 aromatic carbocycles. The lowest BCUT2D eigenvalue weighted by molar-refractivity contribution is 0.225. The van der Waals surface area contributed by atoms with Crippen LogP contribution >= 0.6 is 0 Å². The molecule has 3 nitrogen and oxygen atoms in total. The third kappa shape index (κ3) is 5.01. The molecule has 0 aromatic heterocycles. The highest BCUT2D eigenvalue weighted by Crippen LogP contribution is 2.25. The molecular formula is C18H30N2O. The molecule has 0 bridgehead atoms. The molecule has 0 radical (unpaired) electrons. The highest BCUT2D eigenvalue weighted by molar-refractivity contribution is 5.38. The van der Waals surface area contributed by atoms with Crippen molar-refractivity contribution in [1.82, 2.24) is 10.2 Å². The lowest BCUT2D eigenvalue weighted by Gasteiger charge is -2.26. The van der Waals surface area contributed by atoms with Crippen LogP contribution in [-0.2, 0) is 0 Å². The summed E-state index contributed by atoms with van der Waals surface area (Å²) in [5.74, 6) is 0.983. The summed E-state index contributed by atoms with van der Waals surface area (Å²) in [5.41, 5.74) is 2.54. The first-order chi connectivity index (χ1) is 10.2. The SMILES string of the molecule is COc1ccc(C)cc1C(C)NCCCN1CCCCC1. The Morgan fingerprint density at radius 1 is 1.24 bits per heavy atom. The lowest BCUT2D eigenvalue weighted by Crippen LogP contribution is -2.32. The van der Waals surface area contributed by atoms with Gasteiger partial charge in [-0.1, -0.05) is 24.1 Å². The Morgan fingerprint density at radius 3 is 2.71 bits per heavy atom. The normalized spacial score (nSPS) is 17.7. The van der Waals surface area contributed by atoms with Gasteiger partial charge in [-0.05, 0) is 65.4 Å². The fraction of sp³-hybridized carbons (Fsp3) is 0.667. The van der Waals surface area contributed by atoms with Crippen LogP contribution in [0.3, 0.4) is 0 Å². The minimum absolute atomic E-state index is 0.334. The maximum atomic E-state index is 5.47. The molecule has 0 aliphatic carbocycles. The molecule has 1 saturated heterocycles. The van der Waals surface area contributed by atoms with Gasteiger partial charge < -0.3 is 15.0 Å². The van der Waals surface area contributed by atoms with E-state index in [2.05, 4.69) is 42.3 Å². The van der Waals surface area contributed by atoms with Crippen molar-refractivity contribution in [2.24, 2.45) is 0 Å². The molecule has 0 saturated carbocycles. The minimum atomic E-state index is 0.334. The van der Waals surface area contributed by atoms with E-state index in [0.29, 0.717) is 6.04 Å². The first-order valence-corrected chi connectivity index (χ1v) is 8.31. The van der Waals surface area contributed by atoms with E-state index in [0.717, 1.165) is 12.3 Å². The number of benzene rings is 1. The summed E-state index contributed by atoms with van der Waals surface area (Å²) >= 11 is 0. The second-order valence-corrected chi connectivity index (χ2v) is 6.18. The average molecular weight is 290 g/mol. The Kier molecular flexibility index (Phi) is 6.52. The zero-order valence-corrected chi connectivity index (χ0v) is 13.8. The largest absolute Gasteiger partial charge is 0.496 e. The molecule has 2 rings (SSSR count). The fourth-order valence-corrected chi connectivity index (χ4v) is 3.11. The molecule has 1 N–H and O–H groups in total. The van der Waals surface area contributed by atoms with Gasteiger partial charge in [-0.15, -0.1) is 0 Å². The molecule has 1 fully saturated rings. The molecular weight excluding hydrogens is 260 g/mol. The van der Waals surface area contributed by atoms with Crippen LogP contribution in [-0.4, -0.2) is 38.2 Å². The molecule has 1 aliphatic heterocycles. The van der Waals surface area contributed by atoms with Crippen LogP contribution in [0.25, 0.3) is 0 Å². The summed E-state index contributed by atoms with van der Waals surface area (Å²) < 4.78 is 5.47. The number of hydrogen-bond acceptors (Lipinski definition) is 3. The smallest absolute Gasteiger partial charge is 0.123 e. The van der Waals surface area contributed by atoms with E-state index >= 15 is 0 Å². The third-order valence-corrected chi connectivity index (χ3v) is 4.40. The van der Waals surface area contributed by atoms with Gasteiger partial charge in [0.2, 0.25) is 0 Å². The molecule has 3 heteroatoms. The van der Waals surface area contributed by atoms with E-state index in [4.69, 9.17) is 4.74 Å². The molecule has 0 spiro atoms. The van der Waals surface area contributed by atoms with Gasteiger partial charge in [0, 0.05) is 11.6 Å². The van der Waals surface area contributed by atoms with Gasteiger partial charge >= 0.3 is 0 Å². The second-order valence-electron chi connectivity index (χ2n) is 6.18. The van der Waals surface area contributed by atoms with Gasteiger partial charge in [-0.3, -0.25) is 0 Å². The monoisotopic (exact) mass is 290 g/mol. The van der Waals surface area contributed by atoms with Crippen LogP contribution < -0.4 is 10.1 Å². The lowest BCUT2D eigenvalue weighted by atomic mass is 10.0. The Balaban J connectivity index is 1.76. The molecule has 1 aliphatic rings. The Morgan fingerprint density at radius 2 is 2.00 bits per heavy atom. The standard InChI is InChI=1S/C18H30N2O/c1-15-8-9-18(21-3)17(14-15)16(2)19-10-7-13-20-11-5-4-6-12-20/h8-9,14,16,19H,4-7,10-13H2,1-3H3. The van der Waals surface area contributed by atoms with Gasteiger partial charge in [0.15, 0.2) is 0 Å². The van der Waals surface area contributed by atoms with Crippen LogP contribution in [0, 0.1) is 6.92 Å². The van der Waals surface area contributed by atoms with E-state index in [9.17, 15) is 0 Å². The van der Waals surface area contributed by atoms with Gasteiger partial charge in [0.05, 0.1) is 7.11 Å². The number of nitrogens with one attached hydrogen (secondary N) is 1. The van der Waals surface area contributed by atoms with Crippen molar-refractivity contribution in [3.63, 3.8) is 0 Å². The summed E-state index contributed by atoms with van der Waals surface area (Å²) in [6.45, 7) is 9.23. The molecule has 1 aromatic rings. The van der Waals surface area contributed by atoms with Crippen molar-refractivity contribution < 1.29 is 4.74 Å². The topological polar surface area (TPSA) is 24.5 Å². The highest BCUT2D eigenvalue weighted by atomic mass is 16.5. The van der Waals surface area contributed by atoms with Crippen molar-refractivity contribution in [2.45, 2.75) is 45.6 Å². The van der Waals surface area contributed by atoms with Crippen LogP contribution in [0.1, 0.15) is 49.8 Å². The Labute approximate surface area is 129 Å².